The summed E-state index contributed by atoms with van der Waals surface area (Å²) in [6, 6.07) is 12.6. The van der Waals surface area contributed by atoms with Crippen LogP contribution in [0.3, 0.4) is 0 Å². The number of hydrogen-bond donors (Lipinski definition) is 3. The van der Waals surface area contributed by atoms with Crippen molar-refractivity contribution >= 4 is 66.9 Å². The summed E-state index contributed by atoms with van der Waals surface area (Å²) >= 11 is 6.47. The van der Waals surface area contributed by atoms with Gasteiger partial charge < -0.3 is 25.0 Å². The van der Waals surface area contributed by atoms with E-state index in [1.165, 1.54) is 31.3 Å². The van der Waals surface area contributed by atoms with Crippen LogP contribution < -0.4 is 20.1 Å². The molecular formula is C24H26N4O6S3. The molecule has 0 radical (unpaired) electrons. The Balaban J connectivity index is 1.77. The summed E-state index contributed by atoms with van der Waals surface area (Å²) in [4.78, 5) is 26.8. The predicted octanol–water partition coefficient (Wildman–Crippen LogP) is 4.16. The molecule has 1 heterocycles. The third-order valence-corrected chi connectivity index (χ3v) is 7.92. The molecule has 13 heteroatoms. The van der Waals surface area contributed by atoms with Crippen LogP contribution in [0.5, 0.6) is 5.75 Å². The van der Waals surface area contributed by atoms with E-state index in [1.807, 2.05) is 0 Å². The fourth-order valence-electron chi connectivity index (χ4n) is 3.27. The van der Waals surface area contributed by atoms with E-state index < -0.39 is 16.0 Å². The number of nitrogens with one attached hydrogen (secondary N) is 3. The van der Waals surface area contributed by atoms with Gasteiger partial charge in [0.05, 0.1) is 35.2 Å². The average Bonchev–Trinajstić information content (AvgIpc) is 3.18. The van der Waals surface area contributed by atoms with Crippen LogP contribution in [0.2, 0.25) is 0 Å². The van der Waals surface area contributed by atoms with Gasteiger partial charge in [0.25, 0.3) is 15.9 Å². The average molecular weight is 563 g/mol. The normalized spacial score (nSPS) is 10.8. The molecule has 0 aliphatic carbocycles. The molecule has 37 heavy (non-hydrogen) atoms. The number of thiocarbonyl (C=S) groups is 1. The highest BCUT2D eigenvalue weighted by Crippen LogP contribution is 2.34. The molecule has 0 saturated heterocycles. The molecule has 0 fully saturated rings. The lowest BCUT2D eigenvalue weighted by molar-refractivity contribution is 0.0601. The summed E-state index contributed by atoms with van der Waals surface area (Å²) in [7, 11) is 2.08. The number of carbonyl (C=O) groups excluding carboxylic acids is 2. The molecule has 0 spiro atoms. The van der Waals surface area contributed by atoms with Crippen LogP contribution in [0, 0.1) is 6.92 Å². The van der Waals surface area contributed by atoms with Crippen molar-refractivity contribution in [2.75, 3.05) is 43.7 Å². The summed E-state index contributed by atoms with van der Waals surface area (Å²) in [6.45, 7) is 1.67. The van der Waals surface area contributed by atoms with Gasteiger partial charge in [-0.3, -0.25) is 9.52 Å². The van der Waals surface area contributed by atoms with Crippen LogP contribution >= 0.6 is 23.6 Å². The number of hydrogen-bond acceptors (Lipinski definition) is 8. The first-order valence-electron chi connectivity index (χ1n) is 10.8. The summed E-state index contributed by atoms with van der Waals surface area (Å²) in [5, 5.41) is 6.38. The minimum atomic E-state index is -3.87. The van der Waals surface area contributed by atoms with Crippen molar-refractivity contribution < 1.29 is 27.5 Å². The molecule has 0 aliphatic rings. The molecule has 0 saturated carbocycles. The van der Waals surface area contributed by atoms with Gasteiger partial charge in [-0.05, 0) is 61.1 Å². The van der Waals surface area contributed by atoms with Gasteiger partial charge in [0.1, 0.15) is 10.8 Å². The molecule has 3 aromatic rings. The second kappa shape index (κ2) is 11.6. The van der Waals surface area contributed by atoms with E-state index in [4.69, 9.17) is 21.7 Å². The Morgan fingerprint density at radius 2 is 1.65 bits per heavy atom. The summed E-state index contributed by atoms with van der Waals surface area (Å²) < 4.78 is 38.2. The van der Waals surface area contributed by atoms with Gasteiger partial charge in [0.15, 0.2) is 5.11 Å². The minimum Gasteiger partial charge on any atom is -0.495 e. The molecular weight excluding hydrogens is 536 g/mol. The minimum absolute atomic E-state index is 0.0385. The van der Waals surface area contributed by atoms with Gasteiger partial charge in [-0.2, -0.15) is 0 Å². The largest absolute Gasteiger partial charge is 0.495 e. The number of amides is 1. The van der Waals surface area contributed by atoms with Crippen molar-refractivity contribution in [3.05, 3.63) is 64.5 Å². The van der Waals surface area contributed by atoms with Crippen LogP contribution in [0.1, 0.15) is 25.6 Å². The number of thiophene rings is 1. The lowest BCUT2D eigenvalue weighted by Gasteiger charge is -2.13. The molecule has 0 aliphatic heterocycles. The Labute approximate surface area is 224 Å². The fraction of sp³-hybridized carbons (Fsp3) is 0.208. The van der Waals surface area contributed by atoms with Crippen molar-refractivity contribution in [1.29, 1.82) is 0 Å². The highest BCUT2D eigenvalue weighted by Gasteiger charge is 2.26. The molecule has 1 amide bonds. The van der Waals surface area contributed by atoms with E-state index in [0.717, 1.165) is 11.3 Å². The smallest absolute Gasteiger partial charge is 0.341 e. The number of ether oxygens (including phenoxy) is 2. The van der Waals surface area contributed by atoms with Gasteiger partial charge in [0, 0.05) is 19.8 Å². The van der Waals surface area contributed by atoms with Gasteiger partial charge in [-0.15, -0.1) is 11.3 Å². The predicted molar refractivity (Wildman–Crippen MR) is 149 cm³/mol. The first-order valence-corrected chi connectivity index (χ1v) is 13.5. The third-order valence-electron chi connectivity index (χ3n) is 5.14. The molecule has 3 rings (SSSR count). The van der Waals surface area contributed by atoms with E-state index in [9.17, 15) is 18.0 Å². The van der Waals surface area contributed by atoms with Gasteiger partial charge in [-0.25, -0.2) is 13.2 Å². The lowest BCUT2D eigenvalue weighted by atomic mass is 10.1. The molecule has 0 atom stereocenters. The van der Waals surface area contributed by atoms with E-state index in [0.29, 0.717) is 32.6 Å². The molecule has 3 N–H and O–H groups in total. The highest BCUT2D eigenvalue weighted by molar-refractivity contribution is 7.92. The van der Waals surface area contributed by atoms with E-state index in [-0.39, 0.29) is 21.5 Å². The Kier molecular flexibility index (Phi) is 8.73. The SMILES string of the molecule is COC(=O)c1c(NC(=S)Nc2ccc(S(=O)(=O)Nc3ccccc3OC)cc2)sc(C(=O)N(C)C)c1C. The standard InChI is InChI=1S/C24H26N4O6S3/c1-14-19(23(30)34-5)21(36-20(14)22(29)28(2)3)26-24(35)25-15-10-12-16(13-11-15)37(31,32)27-17-8-6-7-9-18(17)33-4/h6-13,27H,1-5H3,(H2,25,26,35). The van der Waals surface area contributed by atoms with E-state index >= 15 is 0 Å². The van der Waals surface area contributed by atoms with Crippen LogP contribution in [0.25, 0.3) is 0 Å². The van der Waals surface area contributed by atoms with Crippen LogP contribution in [-0.2, 0) is 14.8 Å². The number of nitrogens with zero attached hydrogens (tertiary/aromatic N) is 1. The molecule has 10 nitrogen and oxygen atoms in total. The first-order chi connectivity index (χ1) is 17.5. The number of carbonyl (C=O) groups is 2. The molecule has 196 valence electrons. The number of esters is 1. The molecule has 2 aromatic carbocycles. The molecule has 0 bridgehead atoms. The topological polar surface area (TPSA) is 126 Å². The second-order valence-corrected chi connectivity index (χ2v) is 11.0. The summed E-state index contributed by atoms with van der Waals surface area (Å²) in [5.74, 6) is -0.460. The maximum Gasteiger partial charge on any atom is 0.341 e. The quantitative estimate of drug-likeness (QED) is 0.274. The zero-order valence-electron chi connectivity index (χ0n) is 20.7. The van der Waals surface area contributed by atoms with E-state index in [1.54, 1.807) is 57.4 Å². The molecule has 1 aromatic heterocycles. The maximum absolute atomic E-state index is 12.8. The Morgan fingerprint density at radius 1 is 1.00 bits per heavy atom. The van der Waals surface area contributed by atoms with Crippen LogP contribution in [0.15, 0.2) is 53.4 Å². The number of methoxy groups -OCH3 is 2. The van der Waals surface area contributed by atoms with Crippen molar-refractivity contribution in [2.24, 2.45) is 0 Å². The van der Waals surface area contributed by atoms with Crippen molar-refractivity contribution in [1.82, 2.24) is 4.90 Å². The number of para-hydroxylation sites is 2. The van der Waals surface area contributed by atoms with Gasteiger partial charge in [0.2, 0.25) is 0 Å². The maximum atomic E-state index is 12.8. The van der Waals surface area contributed by atoms with Gasteiger partial charge in [-0.1, -0.05) is 12.1 Å². The Hall–Kier alpha value is -3.68. The molecule has 0 unspecified atom stereocenters. The summed E-state index contributed by atoms with van der Waals surface area (Å²) in [5.41, 5.74) is 1.52. The van der Waals surface area contributed by atoms with Gasteiger partial charge >= 0.3 is 5.97 Å². The fourth-order valence-corrected chi connectivity index (χ4v) is 5.85. The summed E-state index contributed by atoms with van der Waals surface area (Å²) in [6.07, 6.45) is 0. The monoisotopic (exact) mass is 562 g/mol. The van der Waals surface area contributed by atoms with Crippen molar-refractivity contribution in [3.8, 4) is 5.75 Å². The number of sulfonamides is 1. The zero-order valence-corrected chi connectivity index (χ0v) is 23.2. The lowest BCUT2D eigenvalue weighted by Crippen LogP contribution is -2.21. The number of anilines is 3. The third kappa shape index (κ3) is 6.37. The van der Waals surface area contributed by atoms with Crippen molar-refractivity contribution in [2.45, 2.75) is 11.8 Å². The first kappa shape index (κ1) is 27.9. The van der Waals surface area contributed by atoms with Crippen LogP contribution in [0.4, 0.5) is 16.4 Å². The number of rotatable bonds is 8. The van der Waals surface area contributed by atoms with Crippen molar-refractivity contribution in [3.63, 3.8) is 0 Å². The highest BCUT2D eigenvalue weighted by atomic mass is 32.2. The number of benzene rings is 2. The zero-order chi connectivity index (χ0) is 27.3. The van der Waals surface area contributed by atoms with E-state index in [2.05, 4.69) is 15.4 Å². The Morgan fingerprint density at radius 3 is 2.24 bits per heavy atom. The Bertz CT molecular complexity index is 1430. The van der Waals surface area contributed by atoms with Crippen LogP contribution in [-0.4, -0.2) is 58.6 Å². The second-order valence-electron chi connectivity index (χ2n) is 7.86.